The van der Waals surface area contributed by atoms with Crippen LogP contribution in [0, 0.1) is 11.7 Å². The van der Waals surface area contributed by atoms with Crippen LogP contribution in [0.2, 0.25) is 0 Å². The Bertz CT molecular complexity index is 519. The first-order valence-corrected chi connectivity index (χ1v) is 7.76. The van der Waals surface area contributed by atoms with E-state index in [9.17, 15) is 17.6 Å². The van der Waals surface area contributed by atoms with Crippen LogP contribution in [0.15, 0.2) is 18.2 Å². The second-order valence-electron chi connectivity index (χ2n) is 6.22. The number of piperazine rings is 1. The van der Waals surface area contributed by atoms with Crippen molar-refractivity contribution < 1.29 is 17.6 Å². The minimum absolute atomic E-state index is 0.0451. The van der Waals surface area contributed by atoms with Crippen LogP contribution in [0.4, 0.5) is 17.6 Å². The number of alkyl halides is 3. The molecule has 6 heteroatoms. The minimum atomic E-state index is -4.65. The summed E-state index contributed by atoms with van der Waals surface area (Å²) in [7, 11) is 0. The Labute approximate surface area is 127 Å². The highest BCUT2D eigenvalue weighted by atomic mass is 19.4. The predicted molar refractivity (Wildman–Crippen MR) is 75.9 cm³/mol. The molecule has 2 aliphatic rings. The molecule has 0 bridgehead atoms. The van der Waals surface area contributed by atoms with Gasteiger partial charge in [-0.1, -0.05) is 18.9 Å². The largest absolute Gasteiger partial charge is 0.419 e. The van der Waals surface area contributed by atoms with Crippen molar-refractivity contribution in [2.75, 3.05) is 26.2 Å². The number of rotatable bonds is 4. The number of nitrogens with zero attached hydrogens (tertiary/aromatic N) is 1. The van der Waals surface area contributed by atoms with E-state index >= 15 is 0 Å². The van der Waals surface area contributed by atoms with Gasteiger partial charge in [0.2, 0.25) is 0 Å². The first-order chi connectivity index (χ1) is 10.4. The highest BCUT2D eigenvalue weighted by Crippen LogP contribution is 2.41. The maximum absolute atomic E-state index is 13.5. The molecular weight excluding hydrogens is 296 g/mol. The summed E-state index contributed by atoms with van der Waals surface area (Å²) in [5.41, 5.74) is -0.566. The van der Waals surface area contributed by atoms with Gasteiger partial charge in [0, 0.05) is 32.2 Å². The van der Waals surface area contributed by atoms with E-state index in [1.54, 1.807) is 0 Å². The number of nitrogens with one attached hydrogen (secondary N) is 1. The first kappa shape index (κ1) is 15.7. The van der Waals surface area contributed by atoms with Crippen LogP contribution in [0.25, 0.3) is 0 Å². The quantitative estimate of drug-likeness (QED) is 0.854. The highest BCUT2D eigenvalue weighted by Gasteiger charge is 2.36. The zero-order valence-corrected chi connectivity index (χ0v) is 12.3. The Balaban J connectivity index is 1.89. The van der Waals surface area contributed by atoms with Gasteiger partial charge in [-0.05, 0) is 30.0 Å². The van der Waals surface area contributed by atoms with Crippen LogP contribution in [0.3, 0.4) is 0 Å². The fourth-order valence-corrected chi connectivity index (χ4v) is 3.13. The molecule has 0 amide bonds. The molecule has 1 aromatic carbocycles. The van der Waals surface area contributed by atoms with E-state index in [2.05, 4.69) is 10.2 Å². The molecule has 22 heavy (non-hydrogen) atoms. The van der Waals surface area contributed by atoms with Crippen LogP contribution in [0.5, 0.6) is 0 Å². The van der Waals surface area contributed by atoms with Crippen molar-refractivity contribution in [2.24, 2.45) is 5.92 Å². The monoisotopic (exact) mass is 316 g/mol. The molecule has 0 radical (unpaired) electrons. The van der Waals surface area contributed by atoms with Crippen molar-refractivity contribution in [2.45, 2.75) is 31.5 Å². The van der Waals surface area contributed by atoms with Gasteiger partial charge in [0.05, 0.1) is 5.56 Å². The van der Waals surface area contributed by atoms with Gasteiger partial charge in [-0.3, -0.25) is 4.90 Å². The Hall–Kier alpha value is -1.14. The lowest BCUT2D eigenvalue weighted by Crippen LogP contribution is -2.45. The van der Waals surface area contributed by atoms with Crippen molar-refractivity contribution in [3.8, 4) is 0 Å². The van der Waals surface area contributed by atoms with Crippen LogP contribution in [-0.2, 0) is 6.18 Å². The first-order valence-electron chi connectivity index (χ1n) is 7.76. The molecule has 2 nitrogen and oxygen atoms in total. The van der Waals surface area contributed by atoms with Crippen molar-refractivity contribution in [3.63, 3.8) is 0 Å². The van der Waals surface area contributed by atoms with Gasteiger partial charge in [0.25, 0.3) is 0 Å². The summed E-state index contributed by atoms with van der Waals surface area (Å²) >= 11 is 0. The molecule has 2 fully saturated rings. The molecule has 1 saturated heterocycles. The molecule has 3 rings (SSSR count). The standard InChI is InChI=1S/C16H20F4N2/c17-14-4-3-12(10-13(14)16(18,19)20)15(9-11-1-2-11)22-7-5-21-6-8-22/h3-4,10-11,15,21H,1-2,5-9H2/t15-/m0/s1. The average molecular weight is 316 g/mol. The maximum Gasteiger partial charge on any atom is 0.419 e. The molecule has 122 valence electrons. The second-order valence-corrected chi connectivity index (χ2v) is 6.22. The Morgan fingerprint density at radius 1 is 1.18 bits per heavy atom. The molecule has 1 N–H and O–H groups in total. The average Bonchev–Trinajstić information content (AvgIpc) is 3.29. The second kappa shape index (κ2) is 6.16. The normalized spacial score (nSPS) is 21.8. The third-order valence-electron chi connectivity index (χ3n) is 4.53. The Morgan fingerprint density at radius 2 is 1.86 bits per heavy atom. The van der Waals surface area contributed by atoms with Gasteiger partial charge in [-0.2, -0.15) is 13.2 Å². The third kappa shape index (κ3) is 3.60. The molecule has 0 unspecified atom stereocenters. The Kier molecular flexibility index (Phi) is 4.41. The number of benzene rings is 1. The zero-order chi connectivity index (χ0) is 15.7. The Morgan fingerprint density at radius 3 is 2.45 bits per heavy atom. The van der Waals surface area contributed by atoms with E-state index in [0.29, 0.717) is 11.5 Å². The van der Waals surface area contributed by atoms with Crippen LogP contribution in [0.1, 0.15) is 36.4 Å². The SMILES string of the molecule is Fc1ccc([C@H](CC2CC2)N2CCNCC2)cc1C(F)(F)F. The lowest BCUT2D eigenvalue weighted by atomic mass is 9.96. The molecule has 1 saturated carbocycles. The number of hydrogen-bond acceptors (Lipinski definition) is 2. The summed E-state index contributed by atoms with van der Waals surface area (Å²) in [5.74, 6) is -0.596. The highest BCUT2D eigenvalue weighted by molar-refractivity contribution is 5.30. The summed E-state index contributed by atoms with van der Waals surface area (Å²) in [6, 6.07) is 3.43. The van der Waals surface area contributed by atoms with E-state index < -0.39 is 17.6 Å². The molecule has 1 atom stereocenters. The van der Waals surface area contributed by atoms with E-state index in [0.717, 1.165) is 57.6 Å². The van der Waals surface area contributed by atoms with Crippen molar-refractivity contribution in [1.29, 1.82) is 0 Å². The number of hydrogen-bond donors (Lipinski definition) is 1. The van der Waals surface area contributed by atoms with Crippen molar-refractivity contribution in [3.05, 3.63) is 35.1 Å². The van der Waals surface area contributed by atoms with Gasteiger partial charge in [-0.25, -0.2) is 4.39 Å². The van der Waals surface area contributed by atoms with Crippen molar-refractivity contribution >= 4 is 0 Å². The van der Waals surface area contributed by atoms with Gasteiger partial charge < -0.3 is 5.32 Å². The van der Waals surface area contributed by atoms with Gasteiger partial charge in [0.15, 0.2) is 0 Å². The van der Waals surface area contributed by atoms with Gasteiger partial charge >= 0.3 is 6.18 Å². The van der Waals surface area contributed by atoms with Crippen LogP contribution in [-0.4, -0.2) is 31.1 Å². The minimum Gasteiger partial charge on any atom is -0.314 e. The smallest absolute Gasteiger partial charge is 0.314 e. The van der Waals surface area contributed by atoms with E-state index in [1.165, 1.54) is 6.07 Å². The fourth-order valence-electron chi connectivity index (χ4n) is 3.13. The summed E-state index contributed by atoms with van der Waals surface area (Å²) in [4.78, 5) is 2.22. The fraction of sp³-hybridized carbons (Fsp3) is 0.625. The van der Waals surface area contributed by atoms with Gasteiger partial charge in [-0.15, -0.1) is 0 Å². The van der Waals surface area contributed by atoms with E-state index in [-0.39, 0.29) is 6.04 Å². The maximum atomic E-state index is 13.5. The van der Waals surface area contributed by atoms with Crippen LogP contribution >= 0.6 is 0 Å². The molecule has 1 aliphatic heterocycles. The molecule has 0 aromatic heterocycles. The van der Waals surface area contributed by atoms with Gasteiger partial charge in [0.1, 0.15) is 5.82 Å². The summed E-state index contributed by atoms with van der Waals surface area (Å²) in [6.45, 7) is 3.31. The molecule has 1 aromatic rings. The molecule has 1 heterocycles. The summed E-state index contributed by atoms with van der Waals surface area (Å²) in [6.07, 6.45) is -1.48. The number of halogens is 4. The third-order valence-corrected chi connectivity index (χ3v) is 4.53. The summed E-state index contributed by atoms with van der Waals surface area (Å²) < 4.78 is 52.3. The molecule has 0 spiro atoms. The topological polar surface area (TPSA) is 15.3 Å². The van der Waals surface area contributed by atoms with E-state index in [1.807, 2.05) is 0 Å². The molecule has 1 aliphatic carbocycles. The van der Waals surface area contributed by atoms with E-state index in [4.69, 9.17) is 0 Å². The molecular formula is C16H20F4N2. The lowest BCUT2D eigenvalue weighted by molar-refractivity contribution is -0.140. The predicted octanol–water partition coefficient (Wildman–Crippen LogP) is 3.59. The lowest BCUT2D eigenvalue weighted by Gasteiger charge is -2.35. The van der Waals surface area contributed by atoms with Crippen molar-refractivity contribution in [1.82, 2.24) is 10.2 Å². The summed E-state index contributed by atoms with van der Waals surface area (Å²) in [5, 5.41) is 3.25. The van der Waals surface area contributed by atoms with Crippen LogP contribution < -0.4 is 5.32 Å². The zero-order valence-electron chi connectivity index (χ0n) is 12.3.